The van der Waals surface area contributed by atoms with E-state index in [1.165, 1.54) is 0 Å². The monoisotopic (exact) mass is 193 g/mol. The Morgan fingerprint density at radius 2 is 2.29 bits per heavy atom. The average Bonchev–Trinajstić information content (AvgIpc) is 2.18. The van der Waals surface area contributed by atoms with Gasteiger partial charge in [0.15, 0.2) is 0 Å². The first-order valence-corrected chi connectivity index (χ1v) is 4.65. The molecule has 1 rings (SSSR count). The lowest BCUT2D eigenvalue weighted by atomic mass is 10.3. The molecule has 0 aliphatic rings. The summed E-state index contributed by atoms with van der Waals surface area (Å²) < 4.78 is 0. The molecule has 0 bridgehead atoms. The summed E-state index contributed by atoms with van der Waals surface area (Å²) in [6.07, 6.45) is 1.65. The van der Waals surface area contributed by atoms with Crippen LogP contribution in [0.4, 0.5) is 5.69 Å². The number of carbonyl (C=O) groups excluding carboxylic acids is 1. The van der Waals surface area contributed by atoms with Gasteiger partial charge in [-0.3, -0.25) is 9.78 Å². The third kappa shape index (κ3) is 3.53. The van der Waals surface area contributed by atoms with Crippen LogP contribution in [0, 0.1) is 6.92 Å². The molecule has 0 radical (unpaired) electrons. The number of pyridine rings is 1. The van der Waals surface area contributed by atoms with Gasteiger partial charge in [0, 0.05) is 5.69 Å². The average molecular weight is 193 g/mol. The van der Waals surface area contributed by atoms with E-state index in [1.807, 2.05) is 26.0 Å². The van der Waals surface area contributed by atoms with Crippen LogP contribution in [0.15, 0.2) is 18.3 Å². The first-order chi connectivity index (χ1) is 6.72. The number of rotatable bonds is 4. The van der Waals surface area contributed by atoms with Gasteiger partial charge in [0.25, 0.3) is 0 Å². The van der Waals surface area contributed by atoms with Gasteiger partial charge < -0.3 is 10.6 Å². The lowest BCUT2D eigenvalue weighted by molar-refractivity contribution is -0.115. The number of nitrogens with one attached hydrogen (secondary N) is 2. The Kier molecular flexibility index (Phi) is 4.07. The zero-order chi connectivity index (χ0) is 10.4. The number of carbonyl (C=O) groups is 1. The van der Waals surface area contributed by atoms with Crippen molar-refractivity contribution in [3.63, 3.8) is 0 Å². The van der Waals surface area contributed by atoms with Crippen LogP contribution in [0.2, 0.25) is 0 Å². The summed E-state index contributed by atoms with van der Waals surface area (Å²) >= 11 is 0. The molecule has 0 atom stereocenters. The van der Waals surface area contributed by atoms with Crippen LogP contribution in [-0.4, -0.2) is 24.0 Å². The second kappa shape index (κ2) is 5.34. The molecule has 0 aromatic carbocycles. The molecular weight excluding hydrogens is 178 g/mol. The number of likely N-dealkylation sites (N-methyl/N-ethyl adjacent to an activating group) is 1. The minimum atomic E-state index is -0.0440. The minimum Gasteiger partial charge on any atom is -0.324 e. The zero-order valence-electron chi connectivity index (χ0n) is 8.50. The van der Waals surface area contributed by atoms with Crippen LogP contribution >= 0.6 is 0 Å². The fourth-order valence-corrected chi connectivity index (χ4v) is 0.985. The zero-order valence-corrected chi connectivity index (χ0v) is 8.50. The number of aryl methyl sites for hydroxylation is 1. The van der Waals surface area contributed by atoms with Gasteiger partial charge in [-0.05, 0) is 25.6 Å². The lowest BCUT2D eigenvalue weighted by Gasteiger charge is -2.04. The van der Waals surface area contributed by atoms with Crippen molar-refractivity contribution in [3.8, 4) is 0 Å². The smallest absolute Gasteiger partial charge is 0.238 e. The van der Waals surface area contributed by atoms with E-state index in [2.05, 4.69) is 15.6 Å². The summed E-state index contributed by atoms with van der Waals surface area (Å²) in [6, 6.07) is 3.70. The first-order valence-electron chi connectivity index (χ1n) is 4.65. The van der Waals surface area contributed by atoms with E-state index in [4.69, 9.17) is 0 Å². The molecule has 0 saturated carbocycles. The predicted octanol–water partition coefficient (Wildman–Crippen LogP) is 0.938. The number of hydrogen-bond donors (Lipinski definition) is 2. The number of amides is 1. The van der Waals surface area contributed by atoms with Crippen molar-refractivity contribution in [2.24, 2.45) is 0 Å². The van der Waals surface area contributed by atoms with Crippen LogP contribution in [0.3, 0.4) is 0 Å². The highest BCUT2D eigenvalue weighted by atomic mass is 16.1. The lowest BCUT2D eigenvalue weighted by Crippen LogP contribution is -2.27. The molecule has 4 heteroatoms. The Balaban J connectivity index is 2.44. The number of nitrogens with zero attached hydrogens (tertiary/aromatic N) is 1. The SMILES string of the molecule is CCNCC(=O)Nc1ccc(C)nc1. The summed E-state index contributed by atoms with van der Waals surface area (Å²) in [7, 11) is 0. The van der Waals surface area contributed by atoms with Crippen molar-refractivity contribution in [2.45, 2.75) is 13.8 Å². The van der Waals surface area contributed by atoms with E-state index >= 15 is 0 Å². The van der Waals surface area contributed by atoms with Gasteiger partial charge in [-0.2, -0.15) is 0 Å². The molecule has 1 aromatic rings. The van der Waals surface area contributed by atoms with E-state index in [0.29, 0.717) is 6.54 Å². The second-order valence-electron chi connectivity index (χ2n) is 3.02. The van der Waals surface area contributed by atoms with Crippen molar-refractivity contribution in [1.82, 2.24) is 10.3 Å². The highest BCUT2D eigenvalue weighted by Crippen LogP contribution is 2.04. The summed E-state index contributed by atoms with van der Waals surface area (Å²) in [5, 5.41) is 5.69. The third-order valence-electron chi connectivity index (χ3n) is 1.73. The number of hydrogen-bond acceptors (Lipinski definition) is 3. The molecule has 76 valence electrons. The van der Waals surface area contributed by atoms with Crippen molar-refractivity contribution in [2.75, 3.05) is 18.4 Å². The maximum absolute atomic E-state index is 11.3. The topological polar surface area (TPSA) is 54.0 Å². The molecule has 1 amide bonds. The Labute approximate surface area is 83.7 Å². The molecule has 0 saturated heterocycles. The van der Waals surface area contributed by atoms with Gasteiger partial charge >= 0.3 is 0 Å². The number of anilines is 1. The van der Waals surface area contributed by atoms with Gasteiger partial charge in [-0.15, -0.1) is 0 Å². The summed E-state index contributed by atoms with van der Waals surface area (Å²) in [5.41, 5.74) is 1.67. The molecule has 0 aliphatic carbocycles. The van der Waals surface area contributed by atoms with Crippen LogP contribution < -0.4 is 10.6 Å². The molecular formula is C10H15N3O. The van der Waals surface area contributed by atoms with Crippen molar-refractivity contribution in [3.05, 3.63) is 24.0 Å². The normalized spacial score (nSPS) is 9.86. The van der Waals surface area contributed by atoms with Gasteiger partial charge in [-0.25, -0.2) is 0 Å². The standard InChI is InChI=1S/C10H15N3O/c1-3-11-7-10(14)13-9-5-4-8(2)12-6-9/h4-6,11H,3,7H2,1-2H3,(H,13,14). The minimum absolute atomic E-state index is 0.0440. The largest absolute Gasteiger partial charge is 0.324 e. The van der Waals surface area contributed by atoms with E-state index in [9.17, 15) is 4.79 Å². The summed E-state index contributed by atoms with van der Waals surface area (Å²) in [5.74, 6) is -0.0440. The molecule has 0 fully saturated rings. The maximum atomic E-state index is 11.3. The summed E-state index contributed by atoms with van der Waals surface area (Å²) in [4.78, 5) is 15.3. The highest BCUT2D eigenvalue weighted by Gasteiger charge is 2.00. The molecule has 4 nitrogen and oxygen atoms in total. The quantitative estimate of drug-likeness (QED) is 0.748. The molecule has 0 aliphatic heterocycles. The van der Waals surface area contributed by atoms with E-state index in [0.717, 1.165) is 17.9 Å². The Morgan fingerprint density at radius 3 is 2.86 bits per heavy atom. The third-order valence-corrected chi connectivity index (χ3v) is 1.73. The van der Waals surface area contributed by atoms with Crippen molar-refractivity contribution in [1.29, 1.82) is 0 Å². The summed E-state index contributed by atoms with van der Waals surface area (Å²) in [6.45, 7) is 4.99. The fourth-order valence-electron chi connectivity index (χ4n) is 0.985. The van der Waals surface area contributed by atoms with Crippen molar-refractivity contribution >= 4 is 11.6 Å². The van der Waals surface area contributed by atoms with Gasteiger partial charge in [0.2, 0.25) is 5.91 Å². The second-order valence-corrected chi connectivity index (χ2v) is 3.02. The Hall–Kier alpha value is -1.42. The highest BCUT2D eigenvalue weighted by molar-refractivity contribution is 5.92. The Morgan fingerprint density at radius 1 is 1.50 bits per heavy atom. The molecule has 14 heavy (non-hydrogen) atoms. The van der Waals surface area contributed by atoms with E-state index in [-0.39, 0.29) is 5.91 Å². The van der Waals surface area contributed by atoms with Gasteiger partial charge in [0.1, 0.15) is 0 Å². The molecule has 2 N–H and O–H groups in total. The molecule has 1 heterocycles. The van der Waals surface area contributed by atoms with Crippen molar-refractivity contribution < 1.29 is 4.79 Å². The number of aromatic nitrogens is 1. The first kappa shape index (κ1) is 10.7. The molecule has 0 spiro atoms. The Bertz CT molecular complexity index is 295. The van der Waals surface area contributed by atoms with Crippen LogP contribution in [-0.2, 0) is 4.79 Å². The maximum Gasteiger partial charge on any atom is 0.238 e. The van der Waals surface area contributed by atoms with Crippen LogP contribution in [0.25, 0.3) is 0 Å². The van der Waals surface area contributed by atoms with E-state index < -0.39 is 0 Å². The molecule has 0 unspecified atom stereocenters. The fraction of sp³-hybridized carbons (Fsp3) is 0.400. The van der Waals surface area contributed by atoms with Gasteiger partial charge in [0.05, 0.1) is 18.4 Å². The van der Waals surface area contributed by atoms with E-state index in [1.54, 1.807) is 6.20 Å². The van der Waals surface area contributed by atoms with Gasteiger partial charge in [-0.1, -0.05) is 6.92 Å². The van der Waals surface area contributed by atoms with Crippen LogP contribution in [0.5, 0.6) is 0 Å². The predicted molar refractivity (Wildman–Crippen MR) is 56.1 cm³/mol. The van der Waals surface area contributed by atoms with Crippen LogP contribution in [0.1, 0.15) is 12.6 Å². The molecule has 1 aromatic heterocycles.